The molecule has 0 N–H and O–H groups in total. The van der Waals surface area contributed by atoms with Gasteiger partial charge in [0.2, 0.25) is 0 Å². The monoisotopic (exact) mass is 361 g/mol. The highest BCUT2D eigenvalue weighted by molar-refractivity contribution is 9.10. The highest BCUT2D eigenvalue weighted by Gasteiger charge is 2.30. The molecule has 1 aromatic rings. The summed E-state index contributed by atoms with van der Waals surface area (Å²) in [6.07, 6.45) is 0. The van der Waals surface area contributed by atoms with Crippen LogP contribution in [0.1, 0.15) is 19.4 Å². The Hall–Kier alpha value is -0.0600. The molecule has 4 heteroatoms. The fourth-order valence-electron chi connectivity index (χ4n) is 2.15. The van der Waals surface area contributed by atoms with Gasteiger partial charge in [0.05, 0.1) is 18.8 Å². The first kappa shape index (κ1) is 13.4. The molecule has 1 aliphatic heterocycles. The van der Waals surface area contributed by atoms with Gasteiger partial charge in [0.25, 0.3) is 0 Å². The highest BCUT2D eigenvalue weighted by Crippen LogP contribution is 2.31. The summed E-state index contributed by atoms with van der Waals surface area (Å²) in [6.45, 7) is 6.98. The molecule has 0 bridgehead atoms. The molecule has 0 aliphatic carbocycles. The van der Waals surface area contributed by atoms with Crippen LogP contribution in [-0.4, -0.2) is 25.3 Å². The second kappa shape index (κ2) is 5.29. The van der Waals surface area contributed by atoms with E-state index in [1.54, 1.807) is 0 Å². The molecule has 0 atom stereocenters. The van der Waals surface area contributed by atoms with Gasteiger partial charge in [0.15, 0.2) is 0 Å². The average Bonchev–Trinajstić information content (AvgIpc) is 2.28. The molecular formula is C13H17Br2NO. The SMILES string of the molecule is CC1(C)COCCN1c1ccc(CBr)c(Br)c1. The van der Waals surface area contributed by atoms with Crippen LogP contribution in [-0.2, 0) is 10.1 Å². The predicted octanol–water partition coefficient (Wildman–Crippen LogP) is 3.96. The quantitative estimate of drug-likeness (QED) is 0.738. The molecule has 1 aliphatic rings. The summed E-state index contributed by atoms with van der Waals surface area (Å²) in [5.41, 5.74) is 2.60. The smallest absolute Gasteiger partial charge is 0.0694 e. The zero-order chi connectivity index (χ0) is 12.5. The summed E-state index contributed by atoms with van der Waals surface area (Å²) < 4.78 is 6.71. The van der Waals surface area contributed by atoms with Crippen molar-refractivity contribution in [1.82, 2.24) is 0 Å². The largest absolute Gasteiger partial charge is 0.377 e. The van der Waals surface area contributed by atoms with Crippen LogP contribution in [0.5, 0.6) is 0 Å². The number of morpholine rings is 1. The summed E-state index contributed by atoms with van der Waals surface area (Å²) in [7, 11) is 0. The molecule has 2 nitrogen and oxygen atoms in total. The Balaban J connectivity index is 2.30. The number of halogens is 2. The van der Waals surface area contributed by atoms with Gasteiger partial charge < -0.3 is 9.64 Å². The number of alkyl halides is 1. The topological polar surface area (TPSA) is 12.5 Å². The summed E-state index contributed by atoms with van der Waals surface area (Å²) in [5, 5.41) is 0.875. The van der Waals surface area contributed by atoms with Gasteiger partial charge in [-0.3, -0.25) is 0 Å². The first-order valence-electron chi connectivity index (χ1n) is 5.74. The Bertz CT molecular complexity index is 406. The molecule has 94 valence electrons. The Kier molecular flexibility index (Phi) is 4.16. The molecule has 17 heavy (non-hydrogen) atoms. The van der Waals surface area contributed by atoms with Crippen LogP contribution in [0.3, 0.4) is 0 Å². The van der Waals surface area contributed by atoms with E-state index < -0.39 is 0 Å². The van der Waals surface area contributed by atoms with Gasteiger partial charge in [-0.1, -0.05) is 37.9 Å². The van der Waals surface area contributed by atoms with Gasteiger partial charge in [-0.2, -0.15) is 0 Å². The van der Waals surface area contributed by atoms with Crippen molar-refractivity contribution in [1.29, 1.82) is 0 Å². The van der Waals surface area contributed by atoms with Gasteiger partial charge >= 0.3 is 0 Å². The summed E-state index contributed by atoms with van der Waals surface area (Å²) >= 11 is 7.11. The van der Waals surface area contributed by atoms with Crippen LogP contribution >= 0.6 is 31.9 Å². The van der Waals surface area contributed by atoms with Crippen molar-refractivity contribution in [3.05, 3.63) is 28.2 Å². The van der Waals surface area contributed by atoms with Crippen molar-refractivity contribution in [3.63, 3.8) is 0 Å². The number of nitrogens with zero attached hydrogens (tertiary/aromatic N) is 1. The average molecular weight is 363 g/mol. The van der Waals surface area contributed by atoms with Crippen molar-refractivity contribution in [2.45, 2.75) is 24.7 Å². The number of benzene rings is 1. The minimum Gasteiger partial charge on any atom is -0.377 e. The third kappa shape index (κ3) is 2.85. The molecule has 1 heterocycles. The molecule has 1 saturated heterocycles. The first-order chi connectivity index (χ1) is 8.04. The summed E-state index contributed by atoms with van der Waals surface area (Å²) in [5.74, 6) is 0. The van der Waals surface area contributed by atoms with Crippen LogP contribution in [0.25, 0.3) is 0 Å². The van der Waals surface area contributed by atoms with E-state index in [0.29, 0.717) is 0 Å². The van der Waals surface area contributed by atoms with Gasteiger partial charge in [-0.25, -0.2) is 0 Å². The van der Waals surface area contributed by atoms with Gasteiger partial charge in [-0.15, -0.1) is 0 Å². The van der Waals surface area contributed by atoms with Crippen LogP contribution in [0.4, 0.5) is 5.69 Å². The molecule has 0 spiro atoms. The van der Waals surface area contributed by atoms with E-state index >= 15 is 0 Å². The maximum atomic E-state index is 5.55. The molecule has 1 aromatic carbocycles. The lowest BCUT2D eigenvalue weighted by atomic mass is 10.0. The van der Waals surface area contributed by atoms with Gasteiger partial charge in [0.1, 0.15) is 0 Å². The van der Waals surface area contributed by atoms with Crippen LogP contribution < -0.4 is 4.90 Å². The molecule has 0 unspecified atom stereocenters. The van der Waals surface area contributed by atoms with Crippen LogP contribution in [0.2, 0.25) is 0 Å². The van der Waals surface area contributed by atoms with Crippen molar-refractivity contribution < 1.29 is 4.74 Å². The minimum absolute atomic E-state index is 0.0631. The third-order valence-electron chi connectivity index (χ3n) is 3.14. The van der Waals surface area contributed by atoms with E-state index in [2.05, 4.69) is 68.8 Å². The molecule has 1 fully saturated rings. The fraction of sp³-hybridized carbons (Fsp3) is 0.538. The number of hydrogen-bond acceptors (Lipinski definition) is 2. The lowest BCUT2D eigenvalue weighted by Gasteiger charge is -2.44. The Morgan fingerprint density at radius 2 is 2.18 bits per heavy atom. The minimum atomic E-state index is 0.0631. The second-order valence-corrected chi connectivity index (χ2v) is 6.34. The number of anilines is 1. The zero-order valence-electron chi connectivity index (χ0n) is 10.2. The normalized spacial score (nSPS) is 19.4. The van der Waals surface area contributed by atoms with Crippen LogP contribution in [0, 0.1) is 0 Å². The molecule has 2 rings (SSSR count). The van der Waals surface area contributed by atoms with E-state index in [1.807, 2.05) is 0 Å². The third-order valence-corrected chi connectivity index (χ3v) is 4.48. The van der Waals surface area contributed by atoms with Gasteiger partial charge in [-0.05, 0) is 31.5 Å². The van der Waals surface area contributed by atoms with Crippen molar-refractivity contribution in [3.8, 4) is 0 Å². The highest BCUT2D eigenvalue weighted by atomic mass is 79.9. The summed E-state index contributed by atoms with van der Waals surface area (Å²) in [6, 6.07) is 6.55. The maximum absolute atomic E-state index is 5.55. The summed E-state index contributed by atoms with van der Waals surface area (Å²) in [4.78, 5) is 2.42. The fourth-order valence-corrected chi connectivity index (χ4v) is 3.52. The maximum Gasteiger partial charge on any atom is 0.0694 e. The number of rotatable bonds is 2. The molecular weight excluding hydrogens is 346 g/mol. The predicted molar refractivity (Wildman–Crippen MR) is 79.0 cm³/mol. The molecule has 0 amide bonds. The number of hydrogen-bond donors (Lipinski definition) is 0. The molecule has 0 radical (unpaired) electrons. The number of ether oxygens (including phenoxy) is 1. The van der Waals surface area contributed by atoms with E-state index in [4.69, 9.17) is 4.74 Å². The Labute approximate surface area is 120 Å². The zero-order valence-corrected chi connectivity index (χ0v) is 13.3. The van der Waals surface area contributed by atoms with Gasteiger partial charge in [0, 0.05) is 22.0 Å². The van der Waals surface area contributed by atoms with E-state index in [-0.39, 0.29) is 5.54 Å². The lowest BCUT2D eigenvalue weighted by Crippen LogP contribution is -2.53. The van der Waals surface area contributed by atoms with Crippen LogP contribution in [0.15, 0.2) is 22.7 Å². The first-order valence-corrected chi connectivity index (χ1v) is 7.66. The molecule has 0 saturated carbocycles. The van der Waals surface area contributed by atoms with E-state index in [0.717, 1.165) is 29.6 Å². The van der Waals surface area contributed by atoms with Crippen molar-refractivity contribution in [2.24, 2.45) is 0 Å². The van der Waals surface area contributed by atoms with Crippen molar-refractivity contribution in [2.75, 3.05) is 24.7 Å². The van der Waals surface area contributed by atoms with E-state index in [9.17, 15) is 0 Å². The standard InChI is InChI=1S/C13H17Br2NO/c1-13(2)9-17-6-5-16(13)11-4-3-10(8-14)12(15)7-11/h3-4,7H,5-6,8-9H2,1-2H3. The van der Waals surface area contributed by atoms with E-state index in [1.165, 1.54) is 11.3 Å². The lowest BCUT2D eigenvalue weighted by molar-refractivity contribution is 0.0644. The Morgan fingerprint density at radius 1 is 1.41 bits per heavy atom. The Morgan fingerprint density at radius 3 is 2.76 bits per heavy atom. The van der Waals surface area contributed by atoms with Crippen molar-refractivity contribution >= 4 is 37.5 Å². The molecule has 0 aromatic heterocycles. The second-order valence-electron chi connectivity index (χ2n) is 4.93.